The number of hydrogen-bond acceptors (Lipinski definition) is 1. The first kappa shape index (κ1) is 6.23. The highest BCUT2D eigenvalue weighted by molar-refractivity contribution is 5.22. The Morgan fingerprint density at radius 1 is 1.44 bits per heavy atom. The van der Waals surface area contributed by atoms with Crippen molar-refractivity contribution in [3.8, 4) is 0 Å². The molecule has 0 fully saturated rings. The highest BCUT2D eigenvalue weighted by atomic mass is 15.1. The van der Waals surface area contributed by atoms with Gasteiger partial charge in [-0.3, -0.25) is 4.98 Å². The van der Waals surface area contributed by atoms with E-state index in [-0.39, 0.29) is 0 Å². The van der Waals surface area contributed by atoms with Gasteiger partial charge in [0.25, 0.3) is 0 Å². The average molecular weight is 123 g/mol. The average Bonchev–Trinajstić information content (AvgIpc) is 1.90. The van der Waals surface area contributed by atoms with Gasteiger partial charge in [0.2, 0.25) is 0 Å². The molecule has 0 spiro atoms. The second kappa shape index (κ2) is 2.60. The molecule has 0 atom stereocenters. The van der Waals surface area contributed by atoms with Crippen molar-refractivity contribution in [3.05, 3.63) is 24.5 Å². The van der Waals surface area contributed by atoms with Crippen molar-refractivity contribution < 1.29 is 4.90 Å². The number of hydrogen-bond donors (Lipinski definition) is 1. The Labute approximate surface area is 55.1 Å². The van der Waals surface area contributed by atoms with Gasteiger partial charge in [0.05, 0.1) is 20.3 Å². The number of nitrogens with zero attached hydrogens (tertiary/aromatic N) is 1. The molecule has 1 heterocycles. The van der Waals surface area contributed by atoms with Crippen molar-refractivity contribution in [1.82, 2.24) is 4.98 Å². The van der Waals surface area contributed by atoms with Crippen LogP contribution in [0.25, 0.3) is 0 Å². The topological polar surface area (TPSA) is 17.3 Å². The Morgan fingerprint density at radius 2 is 2.22 bits per heavy atom. The van der Waals surface area contributed by atoms with Crippen LogP contribution in [0.4, 0.5) is 5.69 Å². The summed E-state index contributed by atoms with van der Waals surface area (Å²) in [6, 6.07) is 4.00. The monoisotopic (exact) mass is 123 g/mol. The van der Waals surface area contributed by atoms with Crippen molar-refractivity contribution in [1.29, 1.82) is 0 Å². The summed E-state index contributed by atoms with van der Waals surface area (Å²) in [5, 5.41) is 0. The second-order valence-corrected chi connectivity index (χ2v) is 2.24. The molecule has 0 bridgehead atoms. The van der Waals surface area contributed by atoms with E-state index in [0.717, 1.165) is 0 Å². The van der Waals surface area contributed by atoms with Crippen LogP contribution in [-0.2, 0) is 0 Å². The number of quaternary nitrogens is 1. The molecule has 0 saturated heterocycles. The lowest BCUT2D eigenvalue weighted by atomic mass is 10.4. The Morgan fingerprint density at radius 3 is 2.56 bits per heavy atom. The van der Waals surface area contributed by atoms with Gasteiger partial charge in [-0.2, -0.15) is 0 Å². The molecule has 0 aliphatic heterocycles. The third kappa shape index (κ3) is 1.50. The van der Waals surface area contributed by atoms with Crippen LogP contribution in [0.1, 0.15) is 0 Å². The van der Waals surface area contributed by atoms with Crippen LogP contribution in [-0.4, -0.2) is 19.1 Å². The zero-order valence-corrected chi connectivity index (χ0v) is 5.76. The molecular weight excluding hydrogens is 112 g/mol. The number of aromatic nitrogens is 1. The normalized spacial score (nSPS) is 10.1. The number of nitrogens with one attached hydrogen (secondary N) is 1. The first-order valence-corrected chi connectivity index (χ1v) is 3.01. The molecule has 1 rings (SSSR count). The predicted molar refractivity (Wildman–Crippen MR) is 36.7 cm³/mol. The largest absolute Gasteiger partial charge is 0.306 e. The van der Waals surface area contributed by atoms with E-state index in [1.54, 1.807) is 6.20 Å². The third-order valence-electron chi connectivity index (χ3n) is 1.24. The minimum atomic E-state index is 1.22. The maximum absolute atomic E-state index is 3.99. The van der Waals surface area contributed by atoms with Crippen molar-refractivity contribution >= 4 is 5.69 Å². The summed E-state index contributed by atoms with van der Waals surface area (Å²) in [7, 11) is 4.16. The second-order valence-electron chi connectivity index (χ2n) is 2.24. The van der Waals surface area contributed by atoms with Gasteiger partial charge in [-0.15, -0.1) is 0 Å². The summed E-state index contributed by atoms with van der Waals surface area (Å²) in [5.41, 5.74) is 1.22. The SMILES string of the molecule is C[NH+](C)c1cccnc1. The smallest absolute Gasteiger partial charge is 0.149 e. The summed E-state index contributed by atoms with van der Waals surface area (Å²) in [6.45, 7) is 0. The molecule has 0 aromatic carbocycles. The Kier molecular flexibility index (Phi) is 1.80. The molecule has 0 aliphatic rings. The van der Waals surface area contributed by atoms with Crippen LogP contribution in [0, 0.1) is 0 Å². The Bertz CT molecular complexity index is 170. The van der Waals surface area contributed by atoms with E-state index < -0.39 is 0 Å². The van der Waals surface area contributed by atoms with Gasteiger partial charge in [0.1, 0.15) is 5.69 Å². The highest BCUT2D eigenvalue weighted by Gasteiger charge is 1.95. The number of pyridine rings is 1. The lowest BCUT2D eigenvalue weighted by Crippen LogP contribution is -3.00. The molecule has 0 amide bonds. The highest BCUT2D eigenvalue weighted by Crippen LogP contribution is 1.92. The van der Waals surface area contributed by atoms with Crippen LogP contribution in [0.3, 0.4) is 0 Å². The molecule has 1 N–H and O–H groups in total. The standard InChI is InChI=1S/C7H10N2/c1-9(2)7-4-3-5-8-6-7/h3-6H,1-2H3/p+1. The fraction of sp³-hybridized carbons (Fsp3) is 0.286. The first-order valence-electron chi connectivity index (χ1n) is 3.01. The van der Waals surface area contributed by atoms with Crippen LogP contribution < -0.4 is 4.90 Å². The fourth-order valence-corrected chi connectivity index (χ4v) is 0.659. The van der Waals surface area contributed by atoms with Gasteiger partial charge in [-0.1, -0.05) is 0 Å². The zero-order valence-electron chi connectivity index (χ0n) is 5.76. The Hall–Kier alpha value is -0.890. The van der Waals surface area contributed by atoms with E-state index in [9.17, 15) is 0 Å². The maximum Gasteiger partial charge on any atom is 0.149 e. The predicted octanol–water partition coefficient (Wildman–Crippen LogP) is -0.142. The van der Waals surface area contributed by atoms with Gasteiger partial charge < -0.3 is 4.90 Å². The van der Waals surface area contributed by atoms with E-state index >= 15 is 0 Å². The van der Waals surface area contributed by atoms with Gasteiger partial charge >= 0.3 is 0 Å². The first-order chi connectivity index (χ1) is 4.30. The van der Waals surface area contributed by atoms with E-state index in [2.05, 4.69) is 25.1 Å². The Balaban J connectivity index is 2.85. The van der Waals surface area contributed by atoms with E-state index in [4.69, 9.17) is 0 Å². The fourth-order valence-electron chi connectivity index (χ4n) is 0.659. The molecule has 1 aromatic heterocycles. The molecule has 1 aromatic rings. The molecule has 0 unspecified atom stereocenters. The maximum atomic E-state index is 3.99. The minimum absolute atomic E-state index is 1.22. The van der Waals surface area contributed by atoms with Crippen molar-refractivity contribution in [3.63, 3.8) is 0 Å². The lowest BCUT2D eigenvalue weighted by molar-refractivity contribution is -0.786. The van der Waals surface area contributed by atoms with Crippen molar-refractivity contribution in [2.75, 3.05) is 14.1 Å². The lowest BCUT2D eigenvalue weighted by Gasteiger charge is -2.03. The van der Waals surface area contributed by atoms with E-state index in [1.807, 2.05) is 12.3 Å². The molecule has 48 valence electrons. The minimum Gasteiger partial charge on any atom is -0.306 e. The van der Waals surface area contributed by atoms with Crippen LogP contribution >= 0.6 is 0 Å². The summed E-state index contributed by atoms with van der Waals surface area (Å²) in [6.07, 6.45) is 3.65. The van der Waals surface area contributed by atoms with E-state index in [1.165, 1.54) is 10.6 Å². The van der Waals surface area contributed by atoms with Crippen LogP contribution in [0.5, 0.6) is 0 Å². The zero-order chi connectivity index (χ0) is 6.69. The van der Waals surface area contributed by atoms with Crippen molar-refractivity contribution in [2.45, 2.75) is 0 Å². The van der Waals surface area contributed by atoms with Gasteiger partial charge in [0.15, 0.2) is 0 Å². The third-order valence-corrected chi connectivity index (χ3v) is 1.24. The molecular formula is C7H11N2+. The molecule has 2 heteroatoms. The molecule has 0 radical (unpaired) electrons. The van der Waals surface area contributed by atoms with Crippen molar-refractivity contribution in [2.24, 2.45) is 0 Å². The van der Waals surface area contributed by atoms with Gasteiger partial charge in [-0.25, -0.2) is 0 Å². The van der Waals surface area contributed by atoms with Crippen LogP contribution in [0.2, 0.25) is 0 Å². The molecule has 9 heavy (non-hydrogen) atoms. The number of rotatable bonds is 1. The molecule has 0 saturated carbocycles. The summed E-state index contributed by atoms with van der Waals surface area (Å²) >= 11 is 0. The van der Waals surface area contributed by atoms with Gasteiger partial charge in [-0.05, 0) is 6.07 Å². The molecule has 0 aliphatic carbocycles. The summed E-state index contributed by atoms with van der Waals surface area (Å²) < 4.78 is 0. The molecule has 2 nitrogen and oxygen atoms in total. The van der Waals surface area contributed by atoms with E-state index in [0.29, 0.717) is 0 Å². The van der Waals surface area contributed by atoms with Gasteiger partial charge in [0, 0.05) is 12.3 Å². The summed E-state index contributed by atoms with van der Waals surface area (Å²) in [5.74, 6) is 0. The summed E-state index contributed by atoms with van der Waals surface area (Å²) in [4.78, 5) is 5.29. The van der Waals surface area contributed by atoms with Crippen LogP contribution in [0.15, 0.2) is 24.5 Å². The quantitative estimate of drug-likeness (QED) is 0.550.